The van der Waals surface area contributed by atoms with E-state index in [2.05, 4.69) is 4.98 Å². The van der Waals surface area contributed by atoms with Crippen molar-refractivity contribution in [1.82, 2.24) is 14.2 Å². The van der Waals surface area contributed by atoms with Crippen molar-refractivity contribution in [2.45, 2.75) is 17.4 Å². The zero-order valence-electron chi connectivity index (χ0n) is 14.4. The van der Waals surface area contributed by atoms with E-state index in [0.29, 0.717) is 11.3 Å². The van der Waals surface area contributed by atoms with Crippen molar-refractivity contribution in [3.63, 3.8) is 0 Å². The first-order valence-corrected chi connectivity index (χ1v) is 10.1. The fourth-order valence-corrected chi connectivity index (χ4v) is 5.81. The van der Waals surface area contributed by atoms with Crippen molar-refractivity contribution >= 4 is 27.5 Å². The number of pyridine rings is 1. The molecule has 0 radical (unpaired) electrons. The maximum atomic E-state index is 13.2. The van der Waals surface area contributed by atoms with E-state index in [-0.39, 0.29) is 41.0 Å². The first-order chi connectivity index (χ1) is 12.8. The number of rotatable bonds is 2. The normalized spacial score (nSPS) is 22.3. The number of aromatic nitrogens is 1. The van der Waals surface area contributed by atoms with E-state index in [1.54, 1.807) is 23.2 Å². The molecule has 1 fully saturated rings. The maximum absolute atomic E-state index is 13.2. The Morgan fingerprint density at radius 2 is 2.07 bits per heavy atom. The van der Waals surface area contributed by atoms with Crippen LogP contribution in [-0.2, 0) is 15.6 Å². The average Bonchev–Trinajstić information content (AvgIpc) is 2.89. The van der Waals surface area contributed by atoms with Gasteiger partial charge in [0, 0.05) is 25.8 Å². The number of halogens is 1. The molecule has 0 aliphatic carbocycles. The van der Waals surface area contributed by atoms with Gasteiger partial charge >= 0.3 is 0 Å². The summed E-state index contributed by atoms with van der Waals surface area (Å²) in [6.07, 6.45) is 1.60. The van der Waals surface area contributed by atoms with Crippen LogP contribution in [0.25, 0.3) is 0 Å². The maximum Gasteiger partial charge on any atom is 0.256 e. The number of hydrogen-bond donors (Lipinski definition) is 0. The lowest BCUT2D eigenvalue weighted by Crippen LogP contribution is -2.58. The lowest BCUT2D eigenvalue weighted by atomic mass is 9.95. The van der Waals surface area contributed by atoms with Crippen LogP contribution < -0.4 is 0 Å². The molecule has 9 heteroatoms. The first-order valence-electron chi connectivity index (χ1n) is 8.26. The molecule has 0 saturated carbocycles. The number of carbonyl (C=O) groups excluding carboxylic acids is 1. The highest BCUT2D eigenvalue weighted by atomic mass is 35.5. The summed E-state index contributed by atoms with van der Waals surface area (Å²) in [6.45, 7) is 2.33. The van der Waals surface area contributed by atoms with Crippen molar-refractivity contribution < 1.29 is 13.2 Å². The van der Waals surface area contributed by atoms with Crippen LogP contribution in [0.4, 0.5) is 0 Å². The highest BCUT2D eigenvalue weighted by Crippen LogP contribution is 2.41. The molecule has 0 bridgehead atoms. The molecule has 3 heterocycles. The van der Waals surface area contributed by atoms with E-state index < -0.39 is 15.6 Å². The molecule has 1 amide bonds. The van der Waals surface area contributed by atoms with Gasteiger partial charge in [-0.1, -0.05) is 11.6 Å². The van der Waals surface area contributed by atoms with Gasteiger partial charge in [-0.3, -0.25) is 9.78 Å². The molecule has 2 aliphatic rings. The predicted molar refractivity (Wildman–Crippen MR) is 97.6 cm³/mol. The molecule has 2 aliphatic heterocycles. The fourth-order valence-electron chi connectivity index (χ4n) is 3.77. The molecule has 138 valence electrons. The van der Waals surface area contributed by atoms with Crippen LogP contribution in [0.1, 0.15) is 28.5 Å². The van der Waals surface area contributed by atoms with Gasteiger partial charge in [-0.25, -0.2) is 8.42 Å². The Hall–Kier alpha value is -2.47. The Labute approximate surface area is 161 Å². The highest BCUT2D eigenvalue weighted by Gasteiger charge is 2.52. The number of piperazine rings is 1. The summed E-state index contributed by atoms with van der Waals surface area (Å²) < 4.78 is 27.7. The highest BCUT2D eigenvalue weighted by molar-refractivity contribution is 7.89. The minimum Gasteiger partial charge on any atom is -0.325 e. The van der Waals surface area contributed by atoms with E-state index in [4.69, 9.17) is 16.9 Å². The average molecular weight is 403 g/mol. The summed E-state index contributed by atoms with van der Waals surface area (Å²) in [7, 11) is -3.89. The molecule has 7 nitrogen and oxygen atoms in total. The van der Waals surface area contributed by atoms with Gasteiger partial charge < -0.3 is 4.90 Å². The number of sulfonamides is 1. The molecular formula is C18H15ClN4O3S. The second-order valence-corrected chi connectivity index (χ2v) is 9.04. The number of nitrogens with zero attached hydrogens (tertiary/aromatic N) is 4. The van der Waals surface area contributed by atoms with Crippen LogP contribution >= 0.6 is 11.6 Å². The molecule has 1 aromatic heterocycles. The lowest BCUT2D eigenvalue weighted by molar-refractivity contribution is 0.0365. The molecule has 1 unspecified atom stereocenters. The van der Waals surface area contributed by atoms with Gasteiger partial charge in [-0.05, 0) is 37.3 Å². The van der Waals surface area contributed by atoms with E-state index in [9.17, 15) is 13.2 Å². The van der Waals surface area contributed by atoms with Gasteiger partial charge in [0.05, 0.1) is 33.5 Å². The standard InChI is InChI=1S/C18H15ClN4O3S/c1-18-11-22(27(25,26)15-5-4-12(10-20)9-14(15)19)7-8-23(18)17(24)13-3-2-6-21-16(13)18/h2-6,9H,7-8,11H2,1H3. The summed E-state index contributed by atoms with van der Waals surface area (Å²) in [6, 6.07) is 9.45. The molecular weight excluding hydrogens is 388 g/mol. The Morgan fingerprint density at radius 1 is 1.30 bits per heavy atom. The molecule has 0 spiro atoms. The first kappa shape index (κ1) is 17.9. The number of hydrogen-bond acceptors (Lipinski definition) is 5. The Morgan fingerprint density at radius 3 is 2.78 bits per heavy atom. The van der Waals surface area contributed by atoms with E-state index >= 15 is 0 Å². The molecule has 1 aromatic carbocycles. The van der Waals surface area contributed by atoms with Crippen molar-refractivity contribution in [3.8, 4) is 6.07 Å². The molecule has 1 atom stereocenters. The van der Waals surface area contributed by atoms with E-state index in [1.807, 2.05) is 13.0 Å². The summed E-state index contributed by atoms with van der Waals surface area (Å²) in [5, 5.41) is 8.95. The molecule has 4 rings (SSSR count). The third kappa shape index (κ3) is 2.54. The smallest absolute Gasteiger partial charge is 0.256 e. The zero-order valence-corrected chi connectivity index (χ0v) is 16.0. The fraction of sp³-hybridized carbons (Fsp3) is 0.278. The Kier molecular flexibility index (Phi) is 4.00. The predicted octanol–water partition coefficient (Wildman–Crippen LogP) is 1.98. The van der Waals surface area contributed by atoms with Crippen molar-refractivity contribution in [3.05, 3.63) is 58.4 Å². The van der Waals surface area contributed by atoms with Crippen LogP contribution in [0.15, 0.2) is 41.4 Å². The van der Waals surface area contributed by atoms with Gasteiger partial charge in [-0.2, -0.15) is 9.57 Å². The SMILES string of the molecule is CC12CN(S(=O)(=O)c3ccc(C#N)cc3Cl)CCN1C(=O)c1cccnc12. The van der Waals surface area contributed by atoms with Crippen LogP contribution in [0, 0.1) is 11.3 Å². The molecule has 27 heavy (non-hydrogen) atoms. The van der Waals surface area contributed by atoms with Crippen LogP contribution in [-0.4, -0.2) is 48.1 Å². The van der Waals surface area contributed by atoms with Crippen LogP contribution in [0.3, 0.4) is 0 Å². The third-order valence-electron chi connectivity index (χ3n) is 5.13. The second-order valence-electron chi connectivity index (χ2n) is 6.73. The van der Waals surface area contributed by atoms with Gasteiger partial charge in [0.15, 0.2) is 0 Å². The topological polar surface area (TPSA) is 94.4 Å². The largest absolute Gasteiger partial charge is 0.325 e. The van der Waals surface area contributed by atoms with Gasteiger partial charge in [0.25, 0.3) is 5.91 Å². The van der Waals surface area contributed by atoms with Crippen molar-refractivity contribution in [1.29, 1.82) is 5.26 Å². The van der Waals surface area contributed by atoms with Crippen molar-refractivity contribution in [2.75, 3.05) is 19.6 Å². The molecule has 1 saturated heterocycles. The van der Waals surface area contributed by atoms with Crippen molar-refractivity contribution in [2.24, 2.45) is 0 Å². The minimum atomic E-state index is -3.89. The number of nitriles is 1. The quantitative estimate of drug-likeness (QED) is 0.765. The summed E-state index contributed by atoms with van der Waals surface area (Å²) in [5.41, 5.74) is 0.546. The summed E-state index contributed by atoms with van der Waals surface area (Å²) in [5.74, 6) is -0.131. The van der Waals surface area contributed by atoms with Gasteiger partial charge in [0.1, 0.15) is 4.90 Å². The monoisotopic (exact) mass is 402 g/mol. The van der Waals surface area contributed by atoms with Crippen LogP contribution in [0.5, 0.6) is 0 Å². The number of benzene rings is 1. The molecule has 2 aromatic rings. The molecule has 0 N–H and O–H groups in total. The number of fused-ring (bicyclic) bond motifs is 3. The van der Waals surface area contributed by atoms with E-state index in [1.165, 1.54) is 22.5 Å². The summed E-state index contributed by atoms with van der Waals surface area (Å²) in [4.78, 5) is 18.6. The second kappa shape index (κ2) is 6.02. The van der Waals surface area contributed by atoms with E-state index in [0.717, 1.165) is 0 Å². The number of carbonyl (C=O) groups is 1. The third-order valence-corrected chi connectivity index (χ3v) is 7.45. The summed E-state index contributed by atoms with van der Waals surface area (Å²) >= 11 is 6.13. The van der Waals surface area contributed by atoms with Crippen LogP contribution in [0.2, 0.25) is 5.02 Å². The van der Waals surface area contributed by atoms with Gasteiger partial charge in [0.2, 0.25) is 10.0 Å². The minimum absolute atomic E-state index is 0.00246. The zero-order chi connectivity index (χ0) is 19.4. The number of amides is 1. The Bertz CT molecular complexity index is 1110. The van der Waals surface area contributed by atoms with Gasteiger partial charge in [-0.15, -0.1) is 0 Å². The lowest BCUT2D eigenvalue weighted by Gasteiger charge is -2.44. The Balaban J connectivity index is 1.74.